The molecule has 0 aliphatic carbocycles. The fourth-order valence-corrected chi connectivity index (χ4v) is 2.16. The lowest BCUT2D eigenvalue weighted by Gasteiger charge is -2.20. The first kappa shape index (κ1) is 18.6. The molecule has 0 spiro atoms. The molecule has 0 saturated heterocycles. The average Bonchev–Trinajstić information content (AvgIpc) is 2.55. The van der Waals surface area contributed by atoms with Crippen molar-refractivity contribution in [3.05, 3.63) is 59.4 Å². The van der Waals surface area contributed by atoms with E-state index in [-0.39, 0.29) is 17.0 Å². The highest BCUT2D eigenvalue weighted by Gasteiger charge is 2.24. The number of hydrogen-bond acceptors (Lipinski definition) is 4. The zero-order valence-corrected chi connectivity index (χ0v) is 13.6. The topological polar surface area (TPSA) is 60.5 Å². The smallest absolute Gasteiger partial charge is 0.408 e. The number of carbonyl (C=O) groups is 1. The van der Waals surface area contributed by atoms with Crippen LogP contribution < -0.4 is 10.1 Å². The van der Waals surface area contributed by atoms with E-state index in [0.29, 0.717) is 0 Å². The number of nitrogens with one attached hydrogen (secondary N) is 1. The molecule has 0 bridgehead atoms. The maximum atomic E-state index is 14.1. The summed E-state index contributed by atoms with van der Waals surface area (Å²) in [5.74, 6) is -1.83. The zero-order chi connectivity index (χ0) is 18.4. The third-order valence-corrected chi connectivity index (χ3v) is 3.16. The maximum Gasteiger partial charge on any atom is 0.408 e. The molecule has 5 nitrogen and oxygen atoms in total. The highest BCUT2D eigenvalue weighted by Crippen LogP contribution is 2.27. The second-order valence-corrected chi connectivity index (χ2v) is 5.35. The summed E-state index contributed by atoms with van der Waals surface area (Å²) in [4.78, 5) is 15.8. The van der Waals surface area contributed by atoms with Crippen molar-refractivity contribution in [2.24, 2.45) is 0 Å². The summed E-state index contributed by atoms with van der Waals surface area (Å²) in [6.45, 7) is 2.12. The number of rotatable bonds is 6. The Morgan fingerprint density at radius 3 is 2.60 bits per heavy atom. The molecule has 1 aromatic heterocycles. The van der Waals surface area contributed by atoms with Crippen LogP contribution in [0.5, 0.6) is 5.75 Å². The molecule has 25 heavy (non-hydrogen) atoms. The number of carbonyl (C=O) groups excluding carboxylic acids is 1. The third kappa shape index (κ3) is 4.85. The van der Waals surface area contributed by atoms with Gasteiger partial charge in [-0.2, -0.15) is 0 Å². The van der Waals surface area contributed by atoms with Crippen molar-refractivity contribution < 1.29 is 27.4 Å². The van der Waals surface area contributed by atoms with Gasteiger partial charge in [0.15, 0.2) is 11.6 Å². The lowest BCUT2D eigenvalue weighted by atomic mass is 10.0. The van der Waals surface area contributed by atoms with Gasteiger partial charge in [-0.25, -0.2) is 18.0 Å². The maximum absolute atomic E-state index is 14.1. The van der Waals surface area contributed by atoms with Gasteiger partial charge in [0, 0.05) is 6.20 Å². The van der Waals surface area contributed by atoms with Crippen LogP contribution in [-0.4, -0.2) is 24.0 Å². The second kappa shape index (κ2) is 8.36. The summed E-state index contributed by atoms with van der Waals surface area (Å²) in [7, 11) is 0. The van der Waals surface area contributed by atoms with Crippen LogP contribution in [0.3, 0.4) is 0 Å². The summed E-state index contributed by atoms with van der Waals surface area (Å²) < 4.78 is 49.8. The van der Waals surface area contributed by atoms with E-state index in [1.54, 1.807) is 13.8 Å². The predicted molar refractivity (Wildman–Crippen MR) is 83.8 cm³/mol. The number of alkyl halides is 1. The molecule has 0 aliphatic heterocycles. The quantitative estimate of drug-likeness (QED) is 0.855. The van der Waals surface area contributed by atoms with Gasteiger partial charge in [-0.15, -0.1) is 0 Å². The van der Waals surface area contributed by atoms with Gasteiger partial charge in [-0.1, -0.05) is 6.07 Å². The van der Waals surface area contributed by atoms with E-state index >= 15 is 0 Å². The number of ether oxygens (including phenoxy) is 2. The molecule has 1 amide bonds. The lowest BCUT2D eigenvalue weighted by molar-refractivity contribution is 0.113. The van der Waals surface area contributed by atoms with E-state index in [9.17, 15) is 18.0 Å². The molecule has 0 unspecified atom stereocenters. The number of amides is 1. The summed E-state index contributed by atoms with van der Waals surface area (Å²) in [5, 5.41) is 2.46. The summed E-state index contributed by atoms with van der Waals surface area (Å²) in [5.41, 5.74) is 0.0868. The van der Waals surface area contributed by atoms with E-state index in [0.717, 1.165) is 6.07 Å². The van der Waals surface area contributed by atoms with Gasteiger partial charge in [-0.05, 0) is 43.7 Å². The largest absolute Gasteiger partial charge is 0.460 e. The molecule has 0 fully saturated rings. The van der Waals surface area contributed by atoms with Gasteiger partial charge in [0.05, 0.1) is 6.10 Å². The van der Waals surface area contributed by atoms with Crippen LogP contribution in [0, 0.1) is 11.6 Å². The highest BCUT2D eigenvalue weighted by molar-refractivity contribution is 5.68. The van der Waals surface area contributed by atoms with Crippen LogP contribution in [0.25, 0.3) is 0 Å². The number of aromatic nitrogens is 1. The minimum absolute atomic E-state index is 0.109. The standard InChI is InChI=1S/C17H17F3N2O3/c1-10(2)25-17(23)22-15(16-12(19)4-3-7-21-16)11-5-6-14(24-9-18)13(20)8-11/h3-8,10,15H,9H2,1-2H3,(H,22,23)/t15-/m0/s1. The van der Waals surface area contributed by atoms with Gasteiger partial charge in [0.1, 0.15) is 17.6 Å². The van der Waals surface area contributed by atoms with Gasteiger partial charge in [0.2, 0.25) is 6.86 Å². The Kier molecular flexibility index (Phi) is 6.21. The first-order chi connectivity index (χ1) is 11.9. The zero-order valence-electron chi connectivity index (χ0n) is 13.6. The number of halogens is 3. The first-order valence-electron chi connectivity index (χ1n) is 7.48. The second-order valence-electron chi connectivity index (χ2n) is 5.35. The highest BCUT2D eigenvalue weighted by atomic mass is 19.1. The van der Waals surface area contributed by atoms with E-state index in [1.165, 1.54) is 30.5 Å². The third-order valence-electron chi connectivity index (χ3n) is 3.16. The first-order valence-corrected chi connectivity index (χ1v) is 7.48. The SMILES string of the molecule is CC(C)OC(=O)N[C@@H](c1ccc(OCF)c(F)c1)c1ncccc1F. The average molecular weight is 354 g/mol. The van der Waals surface area contributed by atoms with E-state index in [1.807, 2.05) is 0 Å². The Balaban J connectivity index is 2.39. The molecule has 134 valence electrons. The van der Waals surface area contributed by atoms with Crippen LogP contribution in [0.1, 0.15) is 31.1 Å². The molecule has 1 heterocycles. The van der Waals surface area contributed by atoms with E-state index in [4.69, 9.17) is 4.74 Å². The Morgan fingerprint density at radius 2 is 2.00 bits per heavy atom. The van der Waals surface area contributed by atoms with Crippen LogP contribution in [0.4, 0.5) is 18.0 Å². The summed E-state index contributed by atoms with van der Waals surface area (Å²) >= 11 is 0. The molecule has 0 aliphatic rings. The van der Waals surface area contributed by atoms with Crippen molar-refractivity contribution >= 4 is 6.09 Å². The lowest BCUT2D eigenvalue weighted by Crippen LogP contribution is -2.32. The summed E-state index contributed by atoms with van der Waals surface area (Å²) in [6.07, 6.45) is 0.137. The van der Waals surface area contributed by atoms with Crippen molar-refractivity contribution in [3.63, 3.8) is 0 Å². The monoisotopic (exact) mass is 354 g/mol. The fourth-order valence-electron chi connectivity index (χ4n) is 2.16. The normalized spacial score (nSPS) is 11.9. The molecule has 2 rings (SSSR count). The Bertz CT molecular complexity index is 741. The van der Waals surface area contributed by atoms with Gasteiger partial charge < -0.3 is 14.8 Å². The van der Waals surface area contributed by atoms with Crippen molar-refractivity contribution in [1.82, 2.24) is 10.3 Å². The molecule has 2 aromatic rings. The van der Waals surface area contributed by atoms with Crippen molar-refractivity contribution in [2.75, 3.05) is 6.86 Å². The van der Waals surface area contributed by atoms with Crippen molar-refractivity contribution in [3.8, 4) is 5.75 Å². The van der Waals surface area contributed by atoms with Crippen LogP contribution >= 0.6 is 0 Å². The number of nitrogens with zero attached hydrogens (tertiary/aromatic N) is 1. The fraction of sp³-hybridized carbons (Fsp3) is 0.294. The number of benzene rings is 1. The molecular formula is C17H17F3N2O3. The van der Waals surface area contributed by atoms with E-state index in [2.05, 4.69) is 15.0 Å². The number of hydrogen-bond donors (Lipinski definition) is 1. The Morgan fingerprint density at radius 1 is 1.24 bits per heavy atom. The van der Waals surface area contributed by atoms with Crippen molar-refractivity contribution in [1.29, 1.82) is 0 Å². The molecule has 8 heteroatoms. The molecule has 0 radical (unpaired) electrons. The number of alkyl carbamates (subject to hydrolysis) is 1. The molecular weight excluding hydrogens is 337 g/mol. The van der Waals surface area contributed by atoms with E-state index < -0.39 is 36.7 Å². The van der Waals surface area contributed by atoms with Crippen LogP contribution in [-0.2, 0) is 4.74 Å². The van der Waals surface area contributed by atoms with Crippen molar-refractivity contribution in [2.45, 2.75) is 26.0 Å². The molecule has 1 aromatic carbocycles. The minimum Gasteiger partial charge on any atom is -0.460 e. The van der Waals surface area contributed by atoms with Crippen LogP contribution in [0.15, 0.2) is 36.5 Å². The van der Waals surface area contributed by atoms with Gasteiger partial charge in [0.25, 0.3) is 0 Å². The van der Waals surface area contributed by atoms with Crippen LogP contribution in [0.2, 0.25) is 0 Å². The predicted octanol–water partition coefficient (Wildman–Crippen LogP) is 3.89. The molecule has 0 saturated carbocycles. The van der Waals surface area contributed by atoms with Gasteiger partial charge >= 0.3 is 6.09 Å². The molecule has 1 atom stereocenters. The summed E-state index contributed by atoms with van der Waals surface area (Å²) in [6, 6.07) is 5.04. The Hall–Kier alpha value is -2.77. The van der Waals surface area contributed by atoms with Gasteiger partial charge in [-0.3, -0.25) is 4.98 Å². The Labute approximate surface area is 142 Å². The molecule has 1 N–H and O–H groups in total. The minimum atomic E-state index is -1.19. The number of pyridine rings is 1.